The van der Waals surface area contributed by atoms with E-state index >= 15 is 0 Å². The second-order valence-electron chi connectivity index (χ2n) is 7.93. The lowest BCUT2D eigenvalue weighted by atomic mass is 10.1. The molecule has 5 heteroatoms. The van der Waals surface area contributed by atoms with Crippen LogP contribution in [0.15, 0.2) is 104 Å². The van der Waals surface area contributed by atoms with Crippen molar-refractivity contribution in [2.24, 2.45) is 0 Å². The lowest BCUT2D eigenvalue weighted by Gasteiger charge is -2.09. The lowest BCUT2D eigenvalue weighted by molar-refractivity contribution is 0.462. The number of aromatic nitrogens is 4. The predicted molar refractivity (Wildman–Crippen MR) is 131 cm³/mol. The molecule has 0 saturated heterocycles. The first kappa shape index (κ1) is 19.2. The number of nitrogens with zero attached hydrogens (tertiary/aromatic N) is 4. The number of hydrogen-bond acceptors (Lipinski definition) is 4. The second-order valence-corrected chi connectivity index (χ2v) is 7.93. The van der Waals surface area contributed by atoms with E-state index in [4.69, 9.17) is 9.72 Å². The summed E-state index contributed by atoms with van der Waals surface area (Å²) in [6.45, 7) is 2.02. The van der Waals surface area contributed by atoms with Gasteiger partial charge >= 0.3 is 0 Å². The van der Waals surface area contributed by atoms with Crippen LogP contribution in [0.25, 0.3) is 38.9 Å². The Bertz CT molecular complexity index is 1610. The molecule has 0 radical (unpaired) electrons. The van der Waals surface area contributed by atoms with Crippen LogP contribution in [0.3, 0.4) is 0 Å². The van der Waals surface area contributed by atoms with Gasteiger partial charge in [0.25, 0.3) is 0 Å². The van der Waals surface area contributed by atoms with Gasteiger partial charge in [-0.2, -0.15) is 0 Å². The number of para-hydroxylation sites is 1. The Hall–Kier alpha value is -4.51. The van der Waals surface area contributed by atoms with Crippen LogP contribution >= 0.6 is 0 Å². The van der Waals surface area contributed by atoms with E-state index < -0.39 is 0 Å². The summed E-state index contributed by atoms with van der Waals surface area (Å²) in [5.74, 6) is 2.18. The molecule has 0 unspecified atom stereocenters. The van der Waals surface area contributed by atoms with Crippen LogP contribution in [0.2, 0.25) is 0 Å². The topological polar surface area (TPSA) is 52.8 Å². The number of aryl methyl sites for hydroxylation is 1. The van der Waals surface area contributed by atoms with Gasteiger partial charge in [0.05, 0.1) is 16.6 Å². The Balaban J connectivity index is 1.49. The lowest BCUT2D eigenvalue weighted by Crippen LogP contribution is -1.96. The zero-order valence-electron chi connectivity index (χ0n) is 18.0. The molecule has 0 aliphatic carbocycles. The largest absolute Gasteiger partial charge is 0.439 e. The average molecular weight is 428 g/mol. The molecule has 33 heavy (non-hydrogen) atoms. The second kappa shape index (κ2) is 7.88. The van der Waals surface area contributed by atoms with Crippen molar-refractivity contribution >= 4 is 21.9 Å². The SMILES string of the molecule is Cc1ccnc(Oc2cccc(-c3cnc4c5ccccc5n(-c5ccccn5)c4c3)c2)c1. The summed E-state index contributed by atoms with van der Waals surface area (Å²) < 4.78 is 8.17. The van der Waals surface area contributed by atoms with Gasteiger partial charge in [0, 0.05) is 35.6 Å². The zero-order valence-corrected chi connectivity index (χ0v) is 18.0. The van der Waals surface area contributed by atoms with Crippen molar-refractivity contribution in [1.29, 1.82) is 0 Å². The summed E-state index contributed by atoms with van der Waals surface area (Å²) in [5.41, 5.74) is 6.18. The predicted octanol–water partition coefficient (Wildman–Crippen LogP) is 6.74. The van der Waals surface area contributed by atoms with Gasteiger partial charge in [-0.3, -0.25) is 9.55 Å². The van der Waals surface area contributed by atoms with E-state index in [1.807, 2.05) is 80.0 Å². The van der Waals surface area contributed by atoms with E-state index in [1.54, 1.807) is 6.20 Å². The van der Waals surface area contributed by atoms with Gasteiger partial charge < -0.3 is 4.74 Å². The molecule has 6 aromatic rings. The van der Waals surface area contributed by atoms with Crippen molar-refractivity contribution in [2.75, 3.05) is 0 Å². The molecule has 0 aliphatic heterocycles. The molecule has 0 saturated carbocycles. The fourth-order valence-corrected chi connectivity index (χ4v) is 4.14. The average Bonchev–Trinajstić information content (AvgIpc) is 3.18. The highest BCUT2D eigenvalue weighted by Gasteiger charge is 2.15. The van der Waals surface area contributed by atoms with E-state index in [1.165, 1.54) is 0 Å². The quantitative estimate of drug-likeness (QED) is 0.312. The van der Waals surface area contributed by atoms with Crippen molar-refractivity contribution in [3.05, 3.63) is 109 Å². The van der Waals surface area contributed by atoms with Crippen LogP contribution in [0.4, 0.5) is 0 Å². The number of pyridine rings is 3. The maximum Gasteiger partial charge on any atom is 0.219 e. The Morgan fingerprint density at radius 2 is 1.61 bits per heavy atom. The van der Waals surface area contributed by atoms with Crippen LogP contribution in [0.5, 0.6) is 11.6 Å². The van der Waals surface area contributed by atoms with E-state index in [0.717, 1.165) is 50.2 Å². The highest BCUT2D eigenvalue weighted by Crippen LogP contribution is 2.33. The molecule has 0 fully saturated rings. The third-order valence-electron chi connectivity index (χ3n) is 5.67. The van der Waals surface area contributed by atoms with Gasteiger partial charge in [-0.05, 0) is 60.5 Å². The molecule has 4 heterocycles. The Labute approximate surface area is 191 Å². The normalized spacial score (nSPS) is 11.2. The van der Waals surface area contributed by atoms with Gasteiger partial charge in [-0.1, -0.05) is 36.4 Å². The molecular formula is C28H20N4O. The molecule has 0 atom stereocenters. The van der Waals surface area contributed by atoms with Crippen molar-refractivity contribution in [2.45, 2.75) is 6.92 Å². The Morgan fingerprint density at radius 1 is 0.697 bits per heavy atom. The molecule has 0 spiro atoms. The van der Waals surface area contributed by atoms with Gasteiger partial charge in [0.1, 0.15) is 11.6 Å². The number of fused-ring (bicyclic) bond motifs is 3. The summed E-state index contributed by atoms with van der Waals surface area (Å²) in [7, 11) is 0. The van der Waals surface area contributed by atoms with Gasteiger partial charge in [-0.15, -0.1) is 0 Å². The van der Waals surface area contributed by atoms with E-state index in [9.17, 15) is 0 Å². The minimum Gasteiger partial charge on any atom is -0.439 e. The highest BCUT2D eigenvalue weighted by atomic mass is 16.5. The number of ether oxygens (including phenoxy) is 1. The van der Waals surface area contributed by atoms with Crippen LogP contribution in [-0.4, -0.2) is 19.5 Å². The van der Waals surface area contributed by atoms with E-state index in [-0.39, 0.29) is 0 Å². The van der Waals surface area contributed by atoms with Crippen molar-refractivity contribution < 1.29 is 4.74 Å². The van der Waals surface area contributed by atoms with E-state index in [2.05, 4.69) is 38.8 Å². The first-order chi connectivity index (χ1) is 16.3. The maximum absolute atomic E-state index is 6.00. The molecule has 6 rings (SSSR count). The van der Waals surface area contributed by atoms with Crippen molar-refractivity contribution in [3.63, 3.8) is 0 Å². The zero-order chi connectivity index (χ0) is 22.2. The smallest absolute Gasteiger partial charge is 0.219 e. The molecule has 2 aromatic carbocycles. The Morgan fingerprint density at radius 3 is 2.48 bits per heavy atom. The number of rotatable bonds is 4. The third-order valence-corrected chi connectivity index (χ3v) is 5.67. The fourth-order valence-electron chi connectivity index (χ4n) is 4.14. The van der Waals surface area contributed by atoms with Crippen LogP contribution in [-0.2, 0) is 0 Å². The summed E-state index contributed by atoms with van der Waals surface area (Å²) in [5, 5.41) is 1.10. The van der Waals surface area contributed by atoms with Gasteiger partial charge in [0.15, 0.2) is 0 Å². The van der Waals surface area contributed by atoms with Gasteiger partial charge in [-0.25, -0.2) is 9.97 Å². The minimum atomic E-state index is 0.580. The molecule has 0 aliphatic rings. The maximum atomic E-state index is 6.00. The van der Waals surface area contributed by atoms with Gasteiger partial charge in [0.2, 0.25) is 5.88 Å². The highest BCUT2D eigenvalue weighted by molar-refractivity contribution is 6.07. The fraction of sp³-hybridized carbons (Fsp3) is 0.0357. The van der Waals surface area contributed by atoms with Crippen molar-refractivity contribution in [3.8, 4) is 28.6 Å². The first-order valence-corrected chi connectivity index (χ1v) is 10.8. The standard InChI is InChI=1S/C28H20N4O/c1-19-12-14-30-27(15-19)33-22-8-6-7-20(16-22)21-17-25-28(31-18-21)23-9-2-3-10-24(23)32(25)26-11-4-5-13-29-26/h2-18H,1H3. The summed E-state index contributed by atoms with van der Waals surface area (Å²) in [6.07, 6.45) is 5.48. The van der Waals surface area contributed by atoms with Crippen LogP contribution in [0.1, 0.15) is 5.56 Å². The number of benzene rings is 2. The molecule has 4 aromatic heterocycles. The molecule has 0 amide bonds. The summed E-state index contributed by atoms with van der Waals surface area (Å²) in [4.78, 5) is 13.8. The molecule has 158 valence electrons. The summed E-state index contributed by atoms with van der Waals surface area (Å²) >= 11 is 0. The third kappa shape index (κ3) is 3.49. The first-order valence-electron chi connectivity index (χ1n) is 10.8. The van der Waals surface area contributed by atoms with Crippen molar-refractivity contribution in [1.82, 2.24) is 19.5 Å². The molecule has 0 bridgehead atoms. The molecular weight excluding hydrogens is 408 g/mol. The molecule has 5 nitrogen and oxygen atoms in total. The monoisotopic (exact) mass is 428 g/mol. The Kier molecular flexibility index (Phi) is 4.58. The van der Waals surface area contributed by atoms with Crippen LogP contribution in [0, 0.1) is 6.92 Å². The van der Waals surface area contributed by atoms with Crippen LogP contribution < -0.4 is 4.74 Å². The minimum absolute atomic E-state index is 0.580. The molecule has 0 N–H and O–H groups in total. The summed E-state index contributed by atoms with van der Waals surface area (Å²) in [6, 6.07) is 28.3. The van der Waals surface area contributed by atoms with E-state index in [0.29, 0.717) is 5.88 Å². The number of hydrogen-bond donors (Lipinski definition) is 0.